The van der Waals surface area contributed by atoms with Gasteiger partial charge in [-0.05, 0) is 6.42 Å². The zero-order valence-corrected chi connectivity index (χ0v) is 11.2. The normalized spacial score (nSPS) is 11.8. The number of hydrogen-bond acceptors (Lipinski definition) is 4. The molecule has 2 N–H and O–H groups in total. The molecule has 0 saturated carbocycles. The van der Waals surface area contributed by atoms with Gasteiger partial charge < -0.3 is 18.8 Å². The van der Waals surface area contributed by atoms with Gasteiger partial charge in [0.05, 0.1) is 6.61 Å². The van der Waals surface area contributed by atoms with Crippen LogP contribution in [0.3, 0.4) is 0 Å². The van der Waals surface area contributed by atoms with Gasteiger partial charge in [-0.25, -0.2) is 13.2 Å². The summed E-state index contributed by atoms with van der Waals surface area (Å²) in [6.45, 7) is -0.475. The predicted molar refractivity (Wildman–Crippen MR) is 58.4 cm³/mol. The largest absolute Gasteiger partial charge is 0.495 e. The number of hydrogen-bond donors (Lipinski definition) is 2. The molecule has 0 atom stereocenters. The fourth-order valence-corrected chi connectivity index (χ4v) is 2.10. The van der Waals surface area contributed by atoms with Gasteiger partial charge in [-0.1, -0.05) is 0 Å². The van der Waals surface area contributed by atoms with Crippen LogP contribution in [0, 0.1) is 29.1 Å². The van der Waals surface area contributed by atoms with Gasteiger partial charge in [0.1, 0.15) is 0 Å². The first-order chi connectivity index (χ1) is 9.21. The smallest absolute Gasteiger partial charge is 0.487 e. The average Bonchev–Trinajstić information content (AvgIpc) is 2.42. The van der Waals surface area contributed by atoms with Crippen LogP contribution in [-0.2, 0) is 4.43 Å². The molecule has 0 aromatic heterocycles. The van der Waals surface area contributed by atoms with Crippen molar-refractivity contribution in [2.75, 3.05) is 13.7 Å². The molecule has 0 saturated heterocycles. The first kappa shape index (κ1) is 16.8. The minimum absolute atomic E-state index is 0.105. The van der Waals surface area contributed by atoms with Gasteiger partial charge in [0.25, 0.3) is 0 Å². The monoisotopic (exact) mass is 318 g/mol. The molecule has 0 radical (unpaired) electrons. The Hall–Kier alpha value is -1.23. The third-order valence-corrected chi connectivity index (χ3v) is 4.05. The summed E-state index contributed by atoms with van der Waals surface area (Å²) >= 11 is 0. The molecule has 0 aliphatic rings. The highest BCUT2D eigenvalue weighted by Crippen LogP contribution is 2.29. The van der Waals surface area contributed by atoms with Crippen molar-refractivity contribution in [1.82, 2.24) is 0 Å². The molecule has 0 spiro atoms. The fourth-order valence-electron chi connectivity index (χ4n) is 1.29. The van der Waals surface area contributed by atoms with Crippen molar-refractivity contribution in [3.63, 3.8) is 0 Å². The molecule has 20 heavy (non-hydrogen) atoms. The van der Waals surface area contributed by atoms with Crippen LogP contribution in [-0.4, -0.2) is 32.1 Å². The molecule has 10 heteroatoms. The van der Waals surface area contributed by atoms with Crippen molar-refractivity contribution in [3.8, 4) is 5.75 Å². The van der Waals surface area contributed by atoms with E-state index in [4.69, 9.17) is 9.59 Å². The van der Waals surface area contributed by atoms with Gasteiger partial charge in [0.15, 0.2) is 5.75 Å². The summed E-state index contributed by atoms with van der Waals surface area (Å²) in [6.07, 6.45) is -0.105. The molecule has 0 unspecified atom stereocenters. The van der Waals surface area contributed by atoms with Gasteiger partial charge in [-0.2, -0.15) is 8.78 Å². The number of benzene rings is 1. The standard InChI is InChI=1S/C10H11F5O4Si/c1-18-20(16,17)4-2-3-19-10-8(14)6(12)5(11)7(13)9(10)15/h16-17H,2-4H2,1H3. The van der Waals surface area contributed by atoms with Crippen molar-refractivity contribution in [3.05, 3.63) is 29.1 Å². The van der Waals surface area contributed by atoms with E-state index < -0.39 is 50.2 Å². The molecule has 1 aromatic rings. The lowest BCUT2D eigenvalue weighted by Crippen LogP contribution is -2.37. The molecular weight excluding hydrogens is 307 g/mol. The minimum Gasteiger partial charge on any atom is -0.487 e. The van der Waals surface area contributed by atoms with Crippen LogP contribution in [0.1, 0.15) is 6.42 Å². The van der Waals surface area contributed by atoms with Gasteiger partial charge in [0.2, 0.25) is 29.1 Å². The molecule has 0 bridgehead atoms. The average molecular weight is 318 g/mol. The summed E-state index contributed by atoms with van der Waals surface area (Å²) in [7, 11) is -2.78. The molecule has 114 valence electrons. The zero-order valence-electron chi connectivity index (χ0n) is 10.2. The van der Waals surface area contributed by atoms with E-state index in [1.165, 1.54) is 0 Å². The first-order valence-corrected chi connectivity index (χ1v) is 7.36. The van der Waals surface area contributed by atoms with E-state index in [2.05, 4.69) is 9.16 Å². The third kappa shape index (κ3) is 3.66. The summed E-state index contributed by atoms with van der Waals surface area (Å²) < 4.78 is 73.5. The lowest BCUT2D eigenvalue weighted by Gasteiger charge is -2.15. The van der Waals surface area contributed by atoms with Crippen LogP contribution in [0.25, 0.3) is 0 Å². The molecule has 0 heterocycles. The Kier molecular flexibility index (Phi) is 5.45. The van der Waals surface area contributed by atoms with Crippen molar-refractivity contribution in [2.24, 2.45) is 0 Å². The highest BCUT2D eigenvalue weighted by atomic mass is 28.4. The van der Waals surface area contributed by atoms with Crippen molar-refractivity contribution >= 4 is 8.80 Å². The fraction of sp³-hybridized carbons (Fsp3) is 0.400. The first-order valence-electron chi connectivity index (χ1n) is 5.35. The highest BCUT2D eigenvalue weighted by molar-refractivity contribution is 6.57. The van der Waals surface area contributed by atoms with E-state index in [1.807, 2.05) is 0 Å². The molecule has 4 nitrogen and oxygen atoms in total. The van der Waals surface area contributed by atoms with Gasteiger partial charge in [0, 0.05) is 13.2 Å². The van der Waals surface area contributed by atoms with Crippen molar-refractivity contribution in [1.29, 1.82) is 0 Å². The van der Waals surface area contributed by atoms with E-state index in [-0.39, 0.29) is 12.5 Å². The second-order valence-corrected chi connectivity index (χ2v) is 6.19. The maximum absolute atomic E-state index is 13.2. The maximum Gasteiger partial charge on any atom is 0.495 e. The molecule has 1 rings (SSSR count). The van der Waals surface area contributed by atoms with Crippen LogP contribution < -0.4 is 4.74 Å². The molecule has 0 amide bonds. The lowest BCUT2D eigenvalue weighted by molar-refractivity contribution is 0.178. The zero-order chi connectivity index (χ0) is 15.5. The summed E-state index contributed by atoms with van der Waals surface area (Å²) in [4.78, 5) is 18.3. The molecular formula is C10H11F5O4Si. The molecule has 0 fully saturated rings. The summed E-state index contributed by atoms with van der Waals surface area (Å²) in [5.74, 6) is -12.0. The van der Waals surface area contributed by atoms with Crippen LogP contribution in [0.4, 0.5) is 22.0 Å². The van der Waals surface area contributed by atoms with E-state index >= 15 is 0 Å². The quantitative estimate of drug-likeness (QED) is 0.276. The minimum atomic E-state index is -3.85. The summed E-state index contributed by atoms with van der Waals surface area (Å²) in [5, 5.41) is 0. The Labute approximate surface area is 111 Å². The van der Waals surface area contributed by atoms with E-state index in [0.717, 1.165) is 7.11 Å². The number of rotatable bonds is 6. The summed E-state index contributed by atoms with van der Waals surface area (Å²) in [6, 6.07) is -0.251. The Bertz CT molecular complexity index is 468. The molecule has 0 aliphatic carbocycles. The molecule has 0 aliphatic heterocycles. The van der Waals surface area contributed by atoms with E-state index in [1.54, 1.807) is 0 Å². The van der Waals surface area contributed by atoms with Gasteiger partial charge in [-0.3, -0.25) is 0 Å². The van der Waals surface area contributed by atoms with Crippen molar-refractivity contribution < 1.29 is 40.7 Å². The highest BCUT2D eigenvalue weighted by Gasteiger charge is 2.30. The van der Waals surface area contributed by atoms with Gasteiger partial charge >= 0.3 is 8.80 Å². The van der Waals surface area contributed by atoms with Crippen LogP contribution >= 0.6 is 0 Å². The summed E-state index contributed by atoms with van der Waals surface area (Å²) in [5.41, 5.74) is 0. The van der Waals surface area contributed by atoms with E-state index in [9.17, 15) is 22.0 Å². The van der Waals surface area contributed by atoms with Gasteiger partial charge in [-0.15, -0.1) is 0 Å². The molecule has 1 aromatic carbocycles. The van der Waals surface area contributed by atoms with Crippen LogP contribution in [0.15, 0.2) is 0 Å². The number of ether oxygens (including phenoxy) is 1. The topological polar surface area (TPSA) is 58.9 Å². The SMILES string of the molecule is CO[Si](O)(O)CCCOc1c(F)c(F)c(F)c(F)c1F. The Morgan fingerprint density at radius 3 is 1.80 bits per heavy atom. The second-order valence-electron chi connectivity index (χ2n) is 3.80. The Balaban J connectivity index is 2.75. The third-order valence-electron chi connectivity index (χ3n) is 2.39. The predicted octanol–water partition coefficient (Wildman–Crippen LogP) is 1.72. The Morgan fingerprint density at radius 2 is 1.35 bits per heavy atom. The lowest BCUT2D eigenvalue weighted by atomic mass is 10.2. The Morgan fingerprint density at radius 1 is 0.900 bits per heavy atom. The maximum atomic E-state index is 13.2. The second kappa shape index (κ2) is 6.48. The van der Waals surface area contributed by atoms with E-state index in [0.29, 0.717) is 0 Å². The number of halogens is 5. The van der Waals surface area contributed by atoms with Crippen LogP contribution in [0.2, 0.25) is 6.04 Å². The van der Waals surface area contributed by atoms with Crippen LogP contribution in [0.5, 0.6) is 5.75 Å². The van der Waals surface area contributed by atoms with Crippen molar-refractivity contribution in [2.45, 2.75) is 12.5 Å².